The molecule has 0 aliphatic heterocycles. The molecule has 1 fully saturated rings. The van der Waals surface area contributed by atoms with Crippen LogP contribution >= 0.6 is 0 Å². The van der Waals surface area contributed by atoms with Crippen molar-refractivity contribution in [2.45, 2.75) is 38.5 Å². The fraction of sp³-hybridized carbons (Fsp3) is 0.538. The van der Waals surface area contributed by atoms with Crippen LogP contribution < -0.4 is 0 Å². The Labute approximate surface area is 90.7 Å². The predicted molar refractivity (Wildman–Crippen MR) is 59.5 cm³/mol. The van der Waals surface area contributed by atoms with Crippen molar-refractivity contribution in [3.05, 3.63) is 30.1 Å². The van der Waals surface area contributed by atoms with E-state index in [2.05, 4.69) is 11.1 Å². The molecule has 0 saturated heterocycles. The zero-order chi connectivity index (χ0) is 10.5. The quantitative estimate of drug-likeness (QED) is 0.756. The molecule has 80 valence electrons. The molecular weight excluding hydrogens is 186 g/mol. The van der Waals surface area contributed by atoms with Gasteiger partial charge in [0.15, 0.2) is 0 Å². The van der Waals surface area contributed by atoms with Crippen LogP contribution in [0.15, 0.2) is 24.5 Å². The Balaban J connectivity index is 1.85. The van der Waals surface area contributed by atoms with Gasteiger partial charge in [-0.25, -0.2) is 0 Å². The Hall–Kier alpha value is -1.18. The van der Waals surface area contributed by atoms with E-state index in [-0.39, 0.29) is 0 Å². The molecule has 0 spiro atoms. The van der Waals surface area contributed by atoms with Crippen molar-refractivity contribution in [3.8, 4) is 0 Å². The minimum Gasteiger partial charge on any atom is -0.299 e. The van der Waals surface area contributed by atoms with E-state index in [0.717, 1.165) is 32.1 Å². The number of ketones is 1. The lowest BCUT2D eigenvalue weighted by atomic mass is 9.84. The third kappa shape index (κ3) is 2.88. The zero-order valence-corrected chi connectivity index (χ0v) is 8.98. The van der Waals surface area contributed by atoms with Gasteiger partial charge in [-0.2, -0.15) is 0 Å². The van der Waals surface area contributed by atoms with Gasteiger partial charge in [-0.1, -0.05) is 12.5 Å². The van der Waals surface area contributed by atoms with Crippen LogP contribution in [0.5, 0.6) is 0 Å². The summed E-state index contributed by atoms with van der Waals surface area (Å²) in [4.78, 5) is 15.7. The Kier molecular flexibility index (Phi) is 3.49. The van der Waals surface area contributed by atoms with Gasteiger partial charge in [0.05, 0.1) is 0 Å². The molecule has 1 aliphatic rings. The smallest absolute Gasteiger partial charge is 0.135 e. The molecule has 1 saturated carbocycles. The van der Waals surface area contributed by atoms with Crippen LogP contribution in [-0.2, 0) is 11.2 Å². The number of hydrogen-bond acceptors (Lipinski definition) is 2. The summed E-state index contributed by atoms with van der Waals surface area (Å²) in [6, 6.07) is 4.04. The monoisotopic (exact) mass is 203 g/mol. The second-order valence-electron chi connectivity index (χ2n) is 4.31. The number of nitrogens with zero attached hydrogens (tertiary/aromatic N) is 1. The summed E-state index contributed by atoms with van der Waals surface area (Å²) < 4.78 is 0. The maximum absolute atomic E-state index is 11.6. The number of aryl methyl sites for hydroxylation is 1. The highest BCUT2D eigenvalue weighted by atomic mass is 16.1. The van der Waals surface area contributed by atoms with Gasteiger partial charge in [0.1, 0.15) is 5.78 Å². The maximum atomic E-state index is 11.6. The molecule has 0 bridgehead atoms. The first-order valence-electron chi connectivity index (χ1n) is 5.78. The topological polar surface area (TPSA) is 30.0 Å². The molecule has 1 aliphatic carbocycles. The number of Topliss-reactive ketones (excluding diaryl/α,β-unsaturated/α-hetero) is 1. The second-order valence-corrected chi connectivity index (χ2v) is 4.31. The molecular formula is C13H17NO. The fourth-order valence-electron chi connectivity index (χ4n) is 2.25. The van der Waals surface area contributed by atoms with Gasteiger partial charge in [-0.15, -0.1) is 0 Å². The van der Waals surface area contributed by atoms with Crippen molar-refractivity contribution in [2.24, 2.45) is 5.92 Å². The highest BCUT2D eigenvalue weighted by Gasteiger charge is 2.21. The van der Waals surface area contributed by atoms with Gasteiger partial charge in [-0.3, -0.25) is 9.78 Å². The summed E-state index contributed by atoms with van der Waals surface area (Å²) in [5.74, 6) is 0.795. The van der Waals surface area contributed by atoms with Crippen LogP contribution in [0.1, 0.15) is 37.7 Å². The molecule has 2 rings (SSSR count). The summed E-state index contributed by atoms with van der Waals surface area (Å²) in [7, 11) is 0. The number of carbonyl (C=O) groups excluding carboxylic acids is 1. The lowest BCUT2D eigenvalue weighted by Crippen LogP contribution is -2.19. The Bertz CT molecular complexity index is 321. The van der Waals surface area contributed by atoms with Crippen LogP contribution in [-0.4, -0.2) is 10.8 Å². The van der Waals surface area contributed by atoms with Gasteiger partial charge >= 0.3 is 0 Å². The minimum absolute atomic E-state index is 0.318. The Morgan fingerprint density at radius 2 is 2.33 bits per heavy atom. The number of pyridine rings is 1. The van der Waals surface area contributed by atoms with Gasteiger partial charge in [0.25, 0.3) is 0 Å². The van der Waals surface area contributed by atoms with Crippen LogP contribution in [0.3, 0.4) is 0 Å². The average Bonchev–Trinajstić information content (AvgIpc) is 2.29. The van der Waals surface area contributed by atoms with Crippen LogP contribution in [0, 0.1) is 5.92 Å². The third-order valence-corrected chi connectivity index (χ3v) is 3.19. The highest BCUT2D eigenvalue weighted by Crippen LogP contribution is 2.24. The summed E-state index contributed by atoms with van der Waals surface area (Å²) in [5.41, 5.74) is 1.25. The van der Waals surface area contributed by atoms with E-state index < -0.39 is 0 Å². The predicted octanol–water partition coefficient (Wildman–Crippen LogP) is 2.77. The van der Waals surface area contributed by atoms with E-state index in [4.69, 9.17) is 0 Å². The van der Waals surface area contributed by atoms with E-state index in [0.29, 0.717) is 11.7 Å². The van der Waals surface area contributed by atoms with Crippen molar-refractivity contribution >= 4 is 5.78 Å². The molecule has 1 heterocycles. The molecule has 15 heavy (non-hydrogen) atoms. The van der Waals surface area contributed by atoms with Gasteiger partial charge < -0.3 is 0 Å². The largest absolute Gasteiger partial charge is 0.299 e. The SMILES string of the molecule is O=C1CCCCC1CCc1cccnc1. The van der Waals surface area contributed by atoms with Crippen molar-refractivity contribution in [1.29, 1.82) is 0 Å². The van der Waals surface area contributed by atoms with E-state index in [9.17, 15) is 4.79 Å². The first kappa shape index (κ1) is 10.3. The molecule has 2 heteroatoms. The van der Waals surface area contributed by atoms with E-state index in [1.165, 1.54) is 12.0 Å². The van der Waals surface area contributed by atoms with Crippen molar-refractivity contribution in [1.82, 2.24) is 4.98 Å². The molecule has 0 amide bonds. The first-order chi connectivity index (χ1) is 7.36. The standard InChI is InChI=1S/C13H17NO/c15-13-6-2-1-5-12(13)8-7-11-4-3-9-14-10-11/h3-4,9-10,12H,1-2,5-8H2. The molecule has 2 nitrogen and oxygen atoms in total. The lowest BCUT2D eigenvalue weighted by molar-refractivity contribution is -0.124. The molecule has 1 aromatic rings. The number of carbonyl (C=O) groups is 1. The number of rotatable bonds is 3. The number of hydrogen-bond donors (Lipinski definition) is 0. The molecule has 1 unspecified atom stereocenters. The van der Waals surface area contributed by atoms with Gasteiger partial charge in [0, 0.05) is 24.7 Å². The van der Waals surface area contributed by atoms with E-state index >= 15 is 0 Å². The minimum atomic E-state index is 0.318. The summed E-state index contributed by atoms with van der Waals surface area (Å²) in [6.45, 7) is 0. The zero-order valence-electron chi connectivity index (χ0n) is 8.98. The molecule has 0 aromatic carbocycles. The normalized spacial score (nSPS) is 21.6. The lowest BCUT2D eigenvalue weighted by Gasteiger charge is -2.19. The first-order valence-corrected chi connectivity index (χ1v) is 5.78. The van der Waals surface area contributed by atoms with Crippen molar-refractivity contribution < 1.29 is 4.79 Å². The van der Waals surface area contributed by atoms with Crippen LogP contribution in [0.4, 0.5) is 0 Å². The maximum Gasteiger partial charge on any atom is 0.135 e. The van der Waals surface area contributed by atoms with Crippen LogP contribution in [0.25, 0.3) is 0 Å². The van der Waals surface area contributed by atoms with Crippen molar-refractivity contribution in [3.63, 3.8) is 0 Å². The van der Waals surface area contributed by atoms with E-state index in [1.807, 2.05) is 12.3 Å². The van der Waals surface area contributed by atoms with E-state index in [1.54, 1.807) is 6.20 Å². The molecule has 1 aromatic heterocycles. The average molecular weight is 203 g/mol. The summed E-state index contributed by atoms with van der Waals surface area (Å²) in [5, 5.41) is 0. The van der Waals surface area contributed by atoms with Gasteiger partial charge in [0.2, 0.25) is 0 Å². The number of aromatic nitrogens is 1. The molecule has 0 radical (unpaired) electrons. The Morgan fingerprint density at radius 1 is 1.40 bits per heavy atom. The summed E-state index contributed by atoms with van der Waals surface area (Å²) in [6.07, 6.45) is 9.90. The summed E-state index contributed by atoms with van der Waals surface area (Å²) >= 11 is 0. The Morgan fingerprint density at radius 3 is 3.07 bits per heavy atom. The van der Waals surface area contributed by atoms with Crippen molar-refractivity contribution in [2.75, 3.05) is 0 Å². The second kappa shape index (κ2) is 5.06. The van der Waals surface area contributed by atoms with Gasteiger partial charge in [-0.05, 0) is 37.3 Å². The molecule has 1 atom stereocenters. The third-order valence-electron chi connectivity index (χ3n) is 3.19. The highest BCUT2D eigenvalue weighted by molar-refractivity contribution is 5.81. The molecule has 0 N–H and O–H groups in total. The van der Waals surface area contributed by atoms with Crippen LogP contribution in [0.2, 0.25) is 0 Å². The fourth-order valence-corrected chi connectivity index (χ4v) is 2.25.